The van der Waals surface area contributed by atoms with Crippen molar-refractivity contribution >= 4 is 12.3 Å². The Bertz CT molecular complexity index is 778. The van der Waals surface area contributed by atoms with Crippen LogP contribution in [0.1, 0.15) is 12.8 Å². The van der Waals surface area contributed by atoms with Crippen LogP contribution in [0.2, 0.25) is 0 Å². The molecule has 0 amide bonds. The SMILES string of the molecule is COc1cc(OC)cc(OC(=O)OCCCCOC(=O)Oc2cc(OC)cc(OC)c2)c1. The van der Waals surface area contributed by atoms with Crippen LogP contribution in [0.3, 0.4) is 0 Å². The first kappa shape index (κ1) is 24.4. The Hall–Kier alpha value is -3.82. The highest BCUT2D eigenvalue weighted by Gasteiger charge is 2.11. The molecule has 0 spiro atoms. The molecule has 2 rings (SSSR count). The topological polar surface area (TPSA) is 108 Å². The zero-order chi connectivity index (χ0) is 23.3. The van der Waals surface area contributed by atoms with Crippen molar-refractivity contribution in [2.24, 2.45) is 0 Å². The lowest BCUT2D eigenvalue weighted by Gasteiger charge is -2.10. The highest BCUT2D eigenvalue weighted by Crippen LogP contribution is 2.28. The van der Waals surface area contributed by atoms with Gasteiger partial charge in [0, 0.05) is 36.4 Å². The van der Waals surface area contributed by atoms with Gasteiger partial charge >= 0.3 is 12.3 Å². The third-order valence-corrected chi connectivity index (χ3v) is 4.03. The highest BCUT2D eigenvalue weighted by atomic mass is 16.7. The zero-order valence-electron chi connectivity index (χ0n) is 18.4. The Morgan fingerprint density at radius 3 is 1.09 bits per heavy atom. The molecule has 0 unspecified atom stereocenters. The second kappa shape index (κ2) is 12.8. The Balaban J connectivity index is 1.66. The van der Waals surface area contributed by atoms with Gasteiger partial charge in [0.2, 0.25) is 0 Å². The molecule has 0 aliphatic carbocycles. The summed E-state index contributed by atoms with van der Waals surface area (Å²) in [5, 5.41) is 0. The third kappa shape index (κ3) is 8.13. The lowest BCUT2D eigenvalue weighted by atomic mass is 10.3. The van der Waals surface area contributed by atoms with Crippen LogP contribution in [-0.4, -0.2) is 54.0 Å². The summed E-state index contributed by atoms with van der Waals surface area (Å²) in [6.07, 6.45) is -0.826. The van der Waals surface area contributed by atoms with Gasteiger partial charge in [-0.25, -0.2) is 9.59 Å². The first-order valence-electron chi connectivity index (χ1n) is 9.62. The molecule has 0 N–H and O–H groups in total. The van der Waals surface area contributed by atoms with Crippen LogP contribution < -0.4 is 28.4 Å². The predicted molar refractivity (Wildman–Crippen MR) is 112 cm³/mol. The molecule has 0 bridgehead atoms. The molecule has 0 heterocycles. The summed E-state index contributed by atoms with van der Waals surface area (Å²) in [5.74, 6) is 2.36. The van der Waals surface area contributed by atoms with E-state index in [9.17, 15) is 9.59 Å². The fourth-order valence-electron chi connectivity index (χ4n) is 2.45. The minimum atomic E-state index is -0.868. The van der Waals surface area contributed by atoms with Crippen molar-refractivity contribution in [3.8, 4) is 34.5 Å². The average Bonchev–Trinajstić information content (AvgIpc) is 2.80. The summed E-state index contributed by atoms with van der Waals surface area (Å²) in [5.41, 5.74) is 0. The molecule has 10 heteroatoms. The smallest absolute Gasteiger partial charge is 0.496 e. The van der Waals surface area contributed by atoms with Crippen LogP contribution in [0, 0.1) is 0 Å². The van der Waals surface area contributed by atoms with Crippen molar-refractivity contribution in [1.82, 2.24) is 0 Å². The first-order chi connectivity index (χ1) is 15.5. The van der Waals surface area contributed by atoms with Gasteiger partial charge < -0.3 is 37.9 Å². The predicted octanol–water partition coefficient (Wildman–Crippen LogP) is 4.23. The van der Waals surface area contributed by atoms with Gasteiger partial charge in [0.25, 0.3) is 0 Å². The van der Waals surface area contributed by atoms with E-state index in [4.69, 9.17) is 37.9 Å². The van der Waals surface area contributed by atoms with Crippen LogP contribution in [0.15, 0.2) is 36.4 Å². The van der Waals surface area contributed by atoms with E-state index < -0.39 is 12.3 Å². The van der Waals surface area contributed by atoms with E-state index >= 15 is 0 Å². The van der Waals surface area contributed by atoms with Crippen LogP contribution >= 0.6 is 0 Å². The maximum Gasteiger partial charge on any atom is 0.513 e. The molecule has 0 aromatic heterocycles. The van der Waals surface area contributed by atoms with Crippen molar-refractivity contribution in [1.29, 1.82) is 0 Å². The van der Waals surface area contributed by atoms with Crippen LogP contribution in [-0.2, 0) is 9.47 Å². The summed E-state index contributed by atoms with van der Waals surface area (Å²) < 4.78 is 40.6. The Morgan fingerprint density at radius 2 is 0.812 bits per heavy atom. The minimum absolute atomic E-state index is 0.0887. The van der Waals surface area contributed by atoms with Gasteiger partial charge in [-0.3, -0.25) is 0 Å². The fraction of sp³-hybridized carbons (Fsp3) is 0.364. The first-order valence-corrected chi connectivity index (χ1v) is 9.62. The van der Waals surface area contributed by atoms with E-state index in [2.05, 4.69) is 0 Å². The van der Waals surface area contributed by atoms with Gasteiger partial charge in [-0.2, -0.15) is 0 Å². The van der Waals surface area contributed by atoms with Crippen LogP contribution in [0.5, 0.6) is 34.5 Å². The van der Waals surface area contributed by atoms with Gasteiger partial charge in [0.05, 0.1) is 41.7 Å². The van der Waals surface area contributed by atoms with Crippen molar-refractivity contribution in [3.05, 3.63) is 36.4 Å². The molecule has 10 nitrogen and oxygen atoms in total. The van der Waals surface area contributed by atoms with Gasteiger partial charge in [0.15, 0.2) is 0 Å². The molecule has 32 heavy (non-hydrogen) atoms. The lowest BCUT2D eigenvalue weighted by Crippen LogP contribution is -2.14. The van der Waals surface area contributed by atoms with Crippen LogP contribution in [0.25, 0.3) is 0 Å². The van der Waals surface area contributed by atoms with Crippen molar-refractivity contribution in [2.45, 2.75) is 12.8 Å². The second-order valence-electron chi connectivity index (χ2n) is 6.20. The van der Waals surface area contributed by atoms with Crippen LogP contribution in [0.4, 0.5) is 9.59 Å². The van der Waals surface area contributed by atoms with E-state index in [1.807, 2.05) is 0 Å². The lowest BCUT2D eigenvalue weighted by molar-refractivity contribution is 0.0840. The Labute approximate surface area is 185 Å². The summed E-state index contributed by atoms with van der Waals surface area (Å²) >= 11 is 0. The summed E-state index contributed by atoms with van der Waals surface area (Å²) in [6.45, 7) is 0.177. The number of unbranched alkanes of at least 4 members (excludes halogenated alkanes) is 1. The van der Waals surface area contributed by atoms with Crippen molar-refractivity contribution in [3.63, 3.8) is 0 Å². The number of methoxy groups -OCH3 is 4. The number of carbonyl (C=O) groups excluding carboxylic acids is 2. The van der Waals surface area contributed by atoms with E-state index in [0.29, 0.717) is 35.8 Å². The molecular formula is C22H26O10. The van der Waals surface area contributed by atoms with Gasteiger partial charge in [0.1, 0.15) is 34.5 Å². The normalized spacial score (nSPS) is 10.0. The molecular weight excluding hydrogens is 424 g/mol. The standard InChI is InChI=1S/C22H26O10/c1-25-15-9-16(26-2)12-19(11-15)31-21(23)29-7-5-6-8-30-22(24)32-20-13-17(27-3)10-18(14-20)28-4/h9-14H,5-8H2,1-4H3. The van der Waals surface area contributed by atoms with E-state index in [1.54, 1.807) is 12.1 Å². The molecule has 0 saturated heterocycles. The average molecular weight is 450 g/mol. The number of hydrogen-bond acceptors (Lipinski definition) is 10. The second-order valence-corrected chi connectivity index (χ2v) is 6.20. The van der Waals surface area contributed by atoms with Gasteiger partial charge in [-0.05, 0) is 12.8 Å². The molecule has 0 atom stereocenters. The summed E-state index contributed by atoms with van der Waals surface area (Å²) in [4.78, 5) is 23.6. The van der Waals surface area contributed by atoms with E-state index in [-0.39, 0.29) is 24.7 Å². The molecule has 2 aromatic rings. The maximum atomic E-state index is 11.8. The molecule has 0 saturated carbocycles. The monoisotopic (exact) mass is 450 g/mol. The van der Waals surface area contributed by atoms with E-state index in [1.165, 1.54) is 52.7 Å². The molecule has 0 aliphatic rings. The number of carbonyl (C=O) groups is 2. The van der Waals surface area contributed by atoms with Crippen molar-refractivity contribution < 1.29 is 47.5 Å². The number of hydrogen-bond donors (Lipinski definition) is 0. The van der Waals surface area contributed by atoms with Gasteiger partial charge in [-0.15, -0.1) is 0 Å². The molecule has 174 valence electrons. The fourth-order valence-corrected chi connectivity index (χ4v) is 2.45. The minimum Gasteiger partial charge on any atom is -0.496 e. The highest BCUT2D eigenvalue weighted by molar-refractivity contribution is 5.65. The molecule has 2 aromatic carbocycles. The number of ether oxygens (including phenoxy) is 8. The largest absolute Gasteiger partial charge is 0.513 e. The van der Waals surface area contributed by atoms with Gasteiger partial charge in [-0.1, -0.05) is 0 Å². The van der Waals surface area contributed by atoms with E-state index in [0.717, 1.165) is 0 Å². The zero-order valence-corrected chi connectivity index (χ0v) is 18.4. The van der Waals surface area contributed by atoms with Crippen molar-refractivity contribution in [2.75, 3.05) is 41.7 Å². The molecule has 0 aliphatic heterocycles. The maximum absolute atomic E-state index is 11.8. The molecule has 0 fully saturated rings. The Kier molecular flexibility index (Phi) is 9.76. The summed E-state index contributed by atoms with van der Waals surface area (Å²) in [7, 11) is 5.95. The number of benzene rings is 2. The Morgan fingerprint density at radius 1 is 0.531 bits per heavy atom. The third-order valence-electron chi connectivity index (χ3n) is 4.03. The quantitative estimate of drug-likeness (QED) is 0.280. The summed E-state index contributed by atoms with van der Waals surface area (Å²) in [6, 6.07) is 9.41. The molecule has 0 radical (unpaired) electrons. The number of rotatable bonds is 11.